The van der Waals surface area contributed by atoms with Crippen LogP contribution in [0.3, 0.4) is 0 Å². The quantitative estimate of drug-likeness (QED) is 0.614. The van der Waals surface area contributed by atoms with Gasteiger partial charge >= 0.3 is 0 Å². The molecule has 4 rings (SSSR count). The second-order valence-corrected chi connectivity index (χ2v) is 8.34. The Hall–Kier alpha value is -2.53. The van der Waals surface area contributed by atoms with Crippen molar-refractivity contribution < 1.29 is 4.74 Å². The standard InChI is InChI=1S/C25H34N4O/c1-4-5-6-7-11-29-19-25(26-18-20(29)2)28-14-12-27(13-15-28)21(3)23-9-8-22-10-16-30-24(22)17-23/h7-9,11,17-19,21H,2,4-6,10,12-16H2,1,3H3/b11-7-. The summed E-state index contributed by atoms with van der Waals surface area (Å²) < 4.78 is 5.77. The van der Waals surface area contributed by atoms with E-state index in [1.54, 1.807) is 0 Å². The van der Waals surface area contributed by atoms with Gasteiger partial charge in [0.25, 0.3) is 0 Å². The van der Waals surface area contributed by atoms with Crippen molar-refractivity contribution in [2.75, 3.05) is 32.8 Å². The van der Waals surface area contributed by atoms with E-state index in [0.29, 0.717) is 6.04 Å². The first kappa shape index (κ1) is 20.7. The van der Waals surface area contributed by atoms with E-state index in [1.165, 1.54) is 24.0 Å². The summed E-state index contributed by atoms with van der Waals surface area (Å²) in [6.45, 7) is 13.5. The predicted octanol–water partition coefficient (Wildman–Crippen LogP) is 4.70. The van der Waals surface area contributed by atoms with Gasteiger partial charge in [-0.15, -0.1) is 0 Å². The molecule has 0 radical (unpaired) electrons. The lowest BCUT2D eigenvalue weighted by Gasteiger charge is -2.40. The van der Waals surface area contributed by atoms with Crippen LogP contribution in [0.25, 0.3) is 0 Å². The second-order valence-electron chi connectivity index (χ2n) is 8.34. The molecule has 1 saturated heterocycles. The average molecular weight is 407 g/mol. The van der Waals surface area contributed by atoms with Gasteiger partial charge in [0.1, 0.15) is 11.6 Å². The molecule has 0 amide bonds. The summed E-state index contributed by atoms with van der Waals surface area (Å²) in [5.74, 6) is 2.10. The van der Waals surface area contributed by atoms with Gasteiger partial charge in [-0.3, -0.25) is 4.90 Å². The highest BCUT2D eigenvalue weighted by Crippen LogP contribution is 2.31. The van der Waals surface area contributed by atoms with E-state index in [0.717, 1.165) is 62.9 Å². The number of hydrogen-bond acceptors (Lipinski definition) is 5. The van der Waals surface area contributed by atoms with E-state index in [9.17, 15) is 0 Å². The summed E-state index contributed by atoms with van der Waals surface area (Å²) in [7, 11) is 0. The van der Waals surface area contributed by atoms with Crippen LogP contribution in [0.1, 0.15) is 50.3 Å². The Morgan fingerprint density at radius 1 is 1.23 bits per heavy atom. The smallest absolute Gasteiger partial charge is 0.145 e. The summed E-state index contributed by atoms with van der Waals surface area (Å²) in [6, 6.07) is 7.14. The molecule has 0 saturated carbocycles. The zero-order valence-corrected chi connectivity index (χ0v) is 18.4. The third-order valence-corrected chi connectivity index (χ3v) is 6.31. The maximum Gasteiger partial charge on any atom is 0.145 e. The molecular weight excluding hydrogens is 372 g/mol. The van der Waals surface area contributed by atoms with Gasteiger partial charge in [0, 0.05) is 44.8 Å². The number of benzene rings is 1. The van der Waals surface area contributed by atoms with Gasteiger partial charge in [-0.05, 0) is 30.5 Å². The fourth-order valence-corrected chi connectivity index (χ4v) is 4.25. The highest BCUT2D eigenvalue weighted by atomic mass is 16.5. The molecule has 5 nitrogen and oxygen atoms in total. The van der Waals surface area contributed by atoms with Crippen LogP contribution in [0.2, 0.25) is 0 Å². The van der Waals surface area contributed by atoms with E-state index in [4.69, 9.17) is 4.74 Å². The summed E-state index contributed by atoms with van der Waals surface area (Å²) in [6.07, 6.45) is 12.9. The number of unbranched alkanes of at least 4 members (excludes halogenated alkanes) is 2. The Kier molecular flexibility index (Phi) is 6.58. The third kappa shape index (κ3) is 4.62. The summed E-state index contributed by atoms with van der Waals surface area (Å²) in [5, 5.41) is 0. The van der Waals surface area contributed by atoms with E-state index in [-0.39, 0.29) is 0 Å². The zero-order chi connectivity index (χ0) is 20.9. The molecule has 3 aliphatic rings. The van der Waals surface area contributed by atoms with Crippen LogP contribution in [0.5, 0.6) is 5.75 Å². The van der Waals surface area contributed by atoms with Crippen molar-refractivity contribution in [3.8, 4) is 5.75 Å². The number of fused-ring (bicyclic) bond motifs is 1. The van der Waals surface area contributed by atoms with Crippen LogP contribution in [0.4, 0.5) is 0 Å². The first-order valence-corrected chi connectivity index (χ1v) is 11.3. The fourth-order valence-electron chi connectivity index (χ4n) is 4.25. The number of hydrogen-bond donors (Lipinski definition) is 0. The topological polar surface area (TPSA) is 31.3 Å². The molecule has 0 spiro atoms. The maximum atomic E-state index is 5.77. The number of ether oxygens (including phenoxy) is 1. The van der Waals surface area contributed by atoms with E-state index < -0.39 is 0 Å². The van der Waals surface area contributed by atoms with Crippen molar-refractivity contribution in [1.29, 1.82) is 0 Å². The minimum absolute atomic E-state index is 0.392. The SMILES string of the molecule is C=C1C=NC(N2CCN(C(C)c3ccc4c(c3)OCC4)CC2)=CN1/C=C\CCCC. The molecule has 30 heavy (non-hydrogen) atoms. The summed E-state index contributed by atoms with van der Waals surface area (Å²) >= 11 is 0. The Labute approximate surface area is 181 Å². The number of allylic oxidation sites excluding steroid dienone is 2. The lowest BCUT2D eigenvalue weighted by molar-refractivity contribution is 0.121. The van der Waals surface area contributed by atoms with Crippen LogP contribution < -0.4 is 4.74 Å². The molecule has 0 aliphatic carbocycles. The molecule has 1 aromatic carbocycles. The monoisotopic (exact) mass is 406 g/mol. The second kappa shape index (κ2) is 9.52. The predicted molar refractivity (Wildman–Crippen MR) is 123 cm³/mol. The first-order valence-electron chi connectivity index (χ1n) is 11.3. The van der Waals surface area contributed by atoms with Gasteiger partial charge in [0.15, 0.2) is 0 Å². The molecular formula is C25H34N4O. The van der Waals surface area contributed by atoms with Gasteiger partial charge in [-0.1, -0.05) is 44.6 Å². The molecule has 1 atom stereocenters. The van der Waals surface area contributed by atoms with Crippen molar-refractivity contribution >= 4 is 6.21 Å². The lowest BCUT2D eigenvalue weighted by atomic mass is 10.0. The Morgan fingerprint density at radius 2 is 2.07 bits per heavy atom. The van der Waals surface area contributed by atoms with Crippen molar-refractivity contribution in [3.05, 3.63) is 65.9 Å². The maximum absolute atomic E-state index is 5.77. The Morgan fingerprint density at radius 3 is 2.87 bits per heavy atom. The van der Waals surface area contributed by atoms with Crippen molar-refractivity contribution in [1.82, 2.24) is 14.7 Å². The van der Waals surface area contributed by atoms with Crippen LogP contribution >= 0.6 is 0 Å². The molecule has 160 valence electrons. The Balaban J connectivity index is 1.35. The number of piperazine rings is 1. The van der Waals surface area contributed by atoms with Gasteiger partial charge in [0.2, 0.25) is 0 Å². The molecule has 0 N–H and O–H groups in total. The van der Waals surface area contributed by atoms with E-state index >= 15 is 0 Å². The lowest BCUT2D eigenvalue weighted by Crippen LogP contribution is -2.46. The van der Waals surface area contributed by atoms with Crippen LogP contribution in [0.15, 0.2) is 59.8 Å². The minimum atomic E-state index is 0.392. The van der Waals surface area contributed by atoms with Crippen LogP contribution in [-0.2, 0) is 6.42 Å². The average Bonchev–Trinajstić information content (AvgIpc) is 3.25. The molecule has 0 aromatic heterocycles. The van der Waals surface area contributed by atoms with Crippen LogP contribution in [-0.4, -0.2) is 53.7 Å². The molecule has 3 aliphatic heterocycles. The molecule has 0 bridgehead atoms. The van der Waals surface area contributed by atoms with Gasteiger partial charge in [-0.25, -0.2) is 4.99 Å². The largest absolute Gasteiger partial charge is 0.493 e. The minimum Gasteiger partial charge on any atom is -0.493 e. The van der Waals surface area contributed by atoms with Crippen molar-refractivity contribution in [2.24, 2.45) is 4.99 Å². The normalized spacial score (nSPS) is 20.5. The van der Waals surface area contributed by atoms with Gasteiger partial charge < -0.3 is 14.5 Å². The fraction of sp³-hybridized carbons (Fsp3) is 0.480. The Bertz CT molecular complexity index is 849. The molecule has 3 heterocycles. The highest BCUT2D eigenvalue weighted by molar-refractivity contribution is 5.79. The number of rotatable bonds is 7. The number of nitrogens with zero attached hydrogens (tertiary/aromatic N) is 4. The van der Waals surface area contributed by atoms with Gasteiger partial charge in [-0.2, -0.15) is 0 Å². The van der Waals surface area contributed by atoms with E-state index in [1.807, 2.05) is 6.21 Å². The highest BCUT2D eigenvalue weighted by Gasteiger charge is 2.25. The first-order chi connectivity index (χ1) is 14.7. The zero-order valence-electron chi connectivity index (χ0n) is 18.4. The molecule has 5 heteroatoms. The third-order valence-electron chi connectivity index (χ3n) is 6.31. The van der Waals surface area contributed by atoms with Crippen molar-refractivity contribution in [2.45, 2.75) is 45.6 Å². The number of aliphatic imine (C=N–C) groups is 1. The molecule has 1 unspecified atom stereocenters. The molecule has 1 fully saturated rings. The van der Waals surface area contributed by atoms with Crippen molar-refractivity contribution in [3.63, 3.8) is 0 Å². The molecule has 1 aromatic rings. The summed E-state index contributed by atoms with van der Waals surface area (Å²) in [4.78, 5) is 11.7. The van der Waals surface area contributed by atoms with E-state index in [2.05, 4.69) is 76.8 Å². The summed E-state index contributed by atoms with van der Waals surface area (Å²) in [5.41, 5.74) is 3.60. The van der Waals surface area contributed by atoms with Crippen LogP contribution in [0, 0.1) is 0 Å². The van der Waals surface area contributed by atoms with Gasteiger partial charge in [0.05, 0.1) is 24.7 Å².